The van der Waals surface area contributed by atoms with E-state index in [2.05, 4.69) is 19.7 Å². The number of nitrogens with one attached hydrogen (secondary N) is 1. The summed E-state index contributed by atoms with van der Waals surface area (Å²) in [7, 11) is 1.32. The number of hydrogen-bond acceptors (Lipinski definition) is 5. The number of methoxy groups -OCH3 is 1. The lowest BCUT2D eigenvalue weighted by Gasteiger charge is -1.93. The molecule has 0 spiro atoms. The Balaban J connectivity index is 2.09. The second kappa shape index (κ2) is 4.24. The van der Waals surface area contributed by atoms with Crippen molar-refractivity contribution in [2.75, 3.05) is 7.11 Å². The van der Waals surface area contributed by atoms with Crippen molar-refractivity contribution in [1.29, 1.82) is 0 Å². The summed E-state index contributed by atoms with van der Waals surface area (Å²) < 4.78 is 10.2. The Morgan fingerprint density at radius 2 is 2.11 bits per heavy atom. The fraction of sp³-hybridized carbons (Fsp3) is 0.154. The number of aromatic nitrogens is 3. The molecule has 0 radical (unpaired) electrons. The number of para-hydroxylation sites is 2. The molecular weight excluding hydrogens is 246 g/mol. The molecule has 0 aliphatic heterocycles. The lowest BCUT2D eigenvalue weighted by Crippen LogP contribution is -2.03. The SMILES string of the molecule is COC(=O)c1nc(-c2nc3ccccc3o2)[nH]c1C. The molecule has 6 nitrogen and oxygen atoms in total. The summed E-state index contributed by atoms with van der Waals surface area (Å²) >= 11 is 0. The summed E-state index contributed by atoms with van der Waals surface area (Å²) in [4.78, 5) is 22.9. The van der Waals surface area contributed by atoms with Crippen LogP contribution in [0.25, 0.3) is 22.8 Å². The predicted octanol–water partition coefficient (Wildman–Crippen LogP) is 2.31. The van der Waals surface area contributed by atoms with Crippen LogP contribution in [-0.4, -0.2) is 28.0 Å². The Labute approximate surface area is 108 Å². The number of H-pyrrole nitrogens is 1. The summed E-state index contributed by atoms with van der Waals surface area (Å²) in [5.74, 6) is 0.268. The van der Waals surface area contributed by atoms with Crippen LogP contribution in [-0.2, 0) is 4.74 Å². The number of hydrogen-bond donors (Lipinski definition) is 1. The van der Waals surface area contributed by atoms with Gasteiger partial charge < -0.3 is 14.1 Å². The van der Waals surface area contributed by atoms with Crippen LogP contribution in [0.1, 0.15) is 16.2 Å². The van der Waals surface area contributed by atoms with E-state index in [1.54, 1.807) is 6.92 Å². The van der Waals surface area contributed by atoms with Crippen LogP contribution in [0.15, 0.2) is 28.7 Å². The van der Waals surface area contributed by atoms with Crippen molar-refractivity contribution < 1.29 is 13.9 Å². The van der Waals surface area contributed by atoms with Gasteiger partial charge in [-0.15, -0.1) is 0 Å². The largest absolute Gasteiger partial charge is 0.464 e. The third-order valence-corrected chi connectivity index (χ3v) is 2.76. The maximum atomic E-state index is 11.5. The summed E-state index contributed by atoms with van der Waals surface area (Å²) in [6.45, 7) is 1.74. The van der Waals surface area contributed by atoms with Gasteiger partial charge in [0.2, 0.25) is 0 Å². The number of fused-ring (bicyclic) bond motifs is 1. The first-order valence-corrected chi connectivity index (χ1v) is 5.70. The fourth-order valence-corrected chi connectivity index (χ4v) is 1.83. The van der Waals surface area contributed by atoms with Crippen LogP contribution >= 0.6 is 0 Å². The summed E-state index contributed by atoms with van der Waals surface area (Å²) in [6.07, 6.45) is 0. The third kappa shape index (κ3) is 1.87. The lowest BCUT2D eigenvalue weighted by molar-refractivity contribution is 0.0594. The normalized spacial score (nSPS) is 10.8. The van der Waals surface area contributed by atoms with Crippen LogP contribution < -0.4 is 0 Å². The molecule has 0 saturated heterocycles. The Kier molecular flexibility index (Phi) is 2.56. The predicted molar refractivity (Wildman–Crippen MR) is 67.7 cm³/mol. The van der Waals surface area contributed by atoms with Gasteiger partial charge in [0.15, 0.2) is 17.1 Å². The minimum atomic E-state index is -0.490. The van der Waals surface area contributed by atoms with Crippen LogP contribution in [0.5, 0.6) is 0 Å². The molecule has 0 amide bonds. The van der Waals surface area contributed by atoms with Crippen molar-refractivity contribution in [3.8, 4) is 11.7 Å². The van der Waals surface area contributed by atoms with Crippen molar-refractivity contribution in [1.82, 2.24) is 15.0 Å². The number of rotatable bonds is 2. The molecule has 1 aromatic carbocycles. The van der Waals surface area contributed by atoms with E-state index in [0.717, 1.165) is 5.52 Å². The van der Waals surface area contributed by atoms with E-state index in [-0.39, 0.29) is 5.69 Å². The molecule has 0 unspecified atom stereocenters. The monoisotopic (exact) mass is 257 g/mol. The number of carbonyl (C=O) groups excluding carboxylic acids is 1. The number of ether oxygens (including phenoxy) is 1. The molecule has 3 rings (SSSR count). The summed E-state index contributed by atoms with van der Waals surface area (Å²) in [6, 6.07) is 7.41. The van der Waals surface area contributed by atoms with E-state index in [0.29, 0.717) is 23.0 Å². The van der Waals surface area contributed by atoms with E-state index in [1.807, 2.05) is 24.3 Å². The molecule has 19 heavy (non-hydrogen) atoms. The topological polar surface area (TPSA) is 81.0 Å². The number of nitrogens with zero attached hydrogens (tertiary/aromatic N) is 2. The Morgan fingerprint density at radius 1 is 1.32 bits per heavy atom. The minimum absolute atomic E-state index is 0.236. The van der Waals surface area contributed by atoms with Gasteiger partial charge in [0.05, 0.1) is 7.11 Å². The van der Waals surface area contributed by atoms with E-state index in [1.165, 1.54) is 7.11 Å². The second-order valence-corrected chi connectivity index (χ2v) is 4.04. The highest BCUT2D eigenvalue weighted by Crippen LogP contribution is 2.23. The summed E-state index contributed by atoms with van der Waals surface area (Å²) in [5, 5.41) is 0. The van der Waals surface area contributed by atoms with E-state index in [9.17, 15) is 4.79 Å². The molecule has 0 saturated carbocycles. The molecule has 0 atom stereocenters. The van der Waals surface area contributed by atoms with Gasteiger partial charge in [-0.3, -0.25) is 0 Å². The fourth-order valence-electron chi connectivity index (χ4n) is 1.83. The zero-order valence-electron chi connectivity index (χ0n) is 10.4. The molecule has 2 heterocycles. The maximum absolute atomic E-state index is 11.5. The molecule has 6 heteroatoms. The first-order chi connectivity index (χ1) is 9.19. The average Bonchev–Trinajstić information content (AvgIpc) is 3.00. The van der Waals surface area contributed by atoms with Gasteiger partial charge in [-0.05, 0) is 19.1 Å². The van der Waals surface area contributed by atoms with Crippen LogP contribution in [0.2, 0.25) is 0 Å². The number of benzene rings is 1. The number of aromatic amines is 1. The van der Waals surface area contributed by atoms with Gasteiger partial charge in [-0.2, -0.15) is 0 Å². The first-order valence-electron chi connectivity index (χ1n) is 5.70. The Hall–Kier alpha value is -2.63. The van der Waals surface area contributed by atoms with Gasteiger partial charge in [-0.1, -0.05) is 12.1 Å². The molecule has 1 N–H and O–H groups in total. The average molecular weight is 257 g/mol. The highest BCUT2D eigenvalue weighted by molar-refractivity contribution is 5.89. The van der Waals surface area contributed by atoms with Crippen molar-refractivity contribution in [2.45, 2.75) is 6.92 Å². The molecule has 2 aromatic heterocycles. The van der Waals surface area contributed by atoms with Gasteiger partial charge in [0, 0.05) is 5.69 Å². The highest BCUT2D eigenvalue weighted by Gasteiger charge is 2.18. The standard InChI is InChI=1S/C13H11N3O3/c1-7-10(13(17)18-2)16-11(14-7)12-15-8-5-3-4-6-9(8)19-12/h3-6H,1-2H3,(H,14,16). The van der Waals surface area contributed by atoms with Gasteiger partial charge in [0.25, 0.3) is 5.89 Å². The Morgan fingerprint density at radius 3 is 2.84 bits per heavy atom. The lowest BCUT2D eigenvalue weighted by atomic mass is 10.3. The van der Waals surface area contributed by atoms with Gasteiger partial charge in [0.1, 0.15) is 5.52 Å². The van der Waals surface area contributed by atoms with Gasteiger partial charge in [-0.25, -0.2) is 14.8 Å². The van der Waals surface area contributed by atoms with Crippen LogP contribution in [0.3, 0.4) is 0 Å². The van der Waals surface area contributed by atoms with Crippen molar-refractivity contribution in [3.05, 3.63) is 35.7 Å². The smallest absolute Gasteiger partial charge is 0.358 e. The molecule has 0 aliphatic rings. The molecular formula is C13H11N3O3. The Bertz CT molecular complexity index is 724. The van der Waals surface area contributed by atoms with E-state index in [4.69, 9.17) is 4.42 Å². The number of carbonyl (C=O) groups is 1. The van der Waals surface area contributed by atoms with E-state index >= 15 is 0 Å². The third-order valence-electron chi connectivity index (χ3n) is 2.76. The number of imidazole rings is 1. The van der Waals surface area contributed by atoms with E-state index < -0.39 is 5.97 Å². The molecule has 0 bridgehead atoms. The molecule has 0 aliphatic carbocycles. The number of aryl methyl sites for hydroxylation is 1. The second-order valence-electron chi connectivity index (χ2n) is 4.04. The number of oxazole rings is 1. The number of esters is 1. The van der Waals surface area contributed by atoms with Gasteiger partial charge >= 0.3 is 5.97 Å². The molecule has 3 aromatic rings. The van der Waals surface area contributed by atoms with Crippen molar-refractivity contribution >= 4 is 17.1 Å². The van der Waals surface area contributed by atoms with Crippen LogP contribution in [0, 0.1) is 6.92 Å². The zero-order chi connectivity index (χ0) is 13.4. The molecule has 96 valence electrons. The van der Waals surface area contributed by atoms with Crippen molar-refractivity contribution in [2.24, 2.45) is 0 Å². The van der Waals surface area contributed by atoms with Crippen LogP contribution in [0.4, 0.5) is 0 Å². The first kappa shape index (κ1) is 11.5. The maximum Gasteiger partial charge on any atom is 0.358 e. The summed E-state index contributed by atoms with van der Waals surface area (Å²) in [5.41, 5.74) is 2.27. The molecule has 0 fully saturated rings. The highest BCUT2D eigenvalue weighted by atomic mass is 16.5. The minimum Gasteiger partial charge on any atom is -0.464 e. The quantitative estimate of drug-likeness (QED) is 0.712. The van der Waals surface area contributed by atoms with Crippen molar-refractivity contribution in [3.63, 3.8) is 0 Å². The zero-order valence-corrected chi connectivity index (χ0v) is 10.4.